The number of carbonyl (C=O) groups excluding carboxylic acids is 2. The highest BCUT2D eigenvalue weighted by atomic mass is 35.5. The number of nitrogens with one attached hydrogen (secondary N) is 1. The molecule has 1 aromatic carbocycles. The molecule has 0 atom stereocenters. The van der Waals surface area contributed by atoms with Crippen molar-refractivity contribution in [3.05, 3.63) is 28.8 Å². The van der Waals surface area contributed by atoms with Crippen LogP contribution in [0.25, 0.3) is 0 Å². The summed E-state index contributed by atoms with van der Waals surface area (Å²) in [5.41, 5.74) is 0.293. The average molecular weight is 284 g/mol. The maximum Gasteiger partial charge on any atom is 0.412 e. The molecule has 0 bridgehead atoms. The SMILES string of the molecule is CCC(=O)c1ccc(Cl)c(NC(=O)OC(C)(C)C)c1. The van der Waals surface area contributed by atoms with Crippen LogP contribution in [0.3, 0.4) is 0 Å². The van der Waals surface area contributed by atoms with Gasteiger partial charge in [-0.25, -0.2) is 4.79 Å². The number of ether oxygens (including phenoxy) is 1. The van der Waals surface area contributed by atoms with Crippen molar-refractivity contribution in [2.45, 2.75) is 39.7 Å². The van der Waals surface area contributed by atoms with E-state index in [0.29, 0.717) is 22.7 Å². The quantitative estimate of drug-likeness (QED) is 0.842. The first-order chi connectivity index (χ1) is 8.73. The molecule has 1 rings (SSSR count). The molecule has 4 nitrogen and oxygen atoms in total. The summed E-state index contributed by atoms with van der Waals surface area (Å²) in [4.78, 5) is 23.3. The van der Waals surface area contributed by atoms with Gasteiger partial charge in [0, 0.05) is 12.0 Å². The van der Waals surface area contributed by atoms with E-state index < -0.39 is 11.7 Å². The Balaban J connectivity index is 2.88. The number of amides is 1. The molecule has 1 N–H and O–H groups in total. The van der Waals surface area contributed by atoms with Crippen LogP contribution in [0, 0.1) is 0 Å². The molecule has 0 spiro atoms. The van der Waals surface area contributed by atoms with E-state index in [1.165, 1.54) is 0 Å². The van der Waals surface area contributed by atoms with Crippen molar-refractivity contribution in [3.63, 3.8) is 0 Å². The molecule has 0 fully saturated rings. The fourth-order valence-corrected chi connectivity index (χ4v) is 1.58. The van der Waals surface area contributed by atoms with E-state index in [2.05, 4.69) is 5.32 Å². The van der Waals surface area contributed by atoms with Crippen LogP contribution < -0.4 is 5.32 Å². The van der Waals surface area contributed by atoms with E-state index in [0.717, 1.165) is 0 Å². The number of Topliss-reactive ketones (excluding diaryl/α,β-unsaturated/α-hetero) is 1. The van der Waals surface area contributed by atoms with Gasteiger partial charge in [-0.3, -0.25) is 10.1 Å². The number of carbonyl (C=O) groups is 2. The van der Waals surface area contributed by atoms with Gasteiger partial charge in [0.25, 0.3) is 0 Å². The lowest BCUT2D eigenvalue weighted by molar-refractivity contribution is 0.0635. The summed E-state index contributed by atoms with van der Waals surface area (Å²) in [6.07, 6.45) is -0.205. The summed E-state index contributed by atoms with van der Waals surface area (Å²) in [6, 6.07) is 4.77. The minimum atomic E-state index is -0.601. The van der Waals surface area contributed by atoms with Crippen molar-refractivity contribution < 1.29 is 14.3 Å². The van der Waals surface area contributed by atoms with Crippen LogP contribution in [0.2, 0.25) is 5.02 Å². The van der Waals surface area contributed by atoms with Gasteiger partial charge in [-0.1, -0.05) is 18.5 Å². The van der Waals surface area contributed by atoms with Gasteiger partial charge in [0.15, 0.2) is 5.78 Å². The summed E-state index contributed by atoms with van der Waals surface area (Å²) < 4.78 is 5.13. The van der Waals surface area contributed by atoms with Gasteiger partial charge in [-0.15, -0.1) is 0 Å². The normalized spacial score (nSPS) is 11.0. The molecule has 0 aromatic heterocycles. The Labute approximate surface area is 118 Å². The van der Waals surface area contributed by atoms with E-state index in [1.54, 1.807) is 45.9 Å². The van der Waals surface area contributed by atoms with Gasteiger partial charge in [0.1, 0.15) is 5.60 Å². The minimum Gasteiger partial charge on any atom is -0.444 e. The number of ketones is 1. The molecule has 1 aromatic rings. The Morgan fingerprint density at radius 1 is 1.32 bits per heavy atom. The Morgan fingerprint density at radius 3 is 2.47 bits per heavy atom. The molecule has 19 heavy (non-hydrogen) atoms. The highest BCUT2D eigenvalue weighted by Gasteiger charge is 2.17. The number of benzene rings is 1. The lowest BCUT2D eigenvalue weighted by Gasteiger charge is -2.20. The third-order valence-electron chi connectivity index (χ3n) is 2.25. The second-order valence-corrected chi connectivity index (χ2v) is 5.51. The van der Waals surface area contributed by atoms with Crippen molar-refractivity contribution in [1.82, 2.24) is 0 Å². The third kappa shape index (κ3) is 4.91. The fourth-order valence-electron chi connectivity index (χ4n) is 1.41. The van der Waals surface area contributed by atoms with Crippen molar-refractivity contribution in [3.8, 4) is 0 Å². The van der Waals surface area contributed by atoms with Gasteiger partial charge in [-0.05, 0) is 39.0 Å². The summed E-state index contributed by atoms with van der Waals surface area (Å²) in [5.74, 6) is -0.0103. The summed E-state index contributed by atoms with van der Waals surface area (Å²) in [7, 11) is 0. The molecule has 0 heterocycles. The first-order valence-electron chi connectivity index (χ1n) is 6.05. The monoisotopic (exact) mass is 283 g/mol. The molecular weight excluding hydrogens is 266 g/mol. The molecule has 0 aliphatic heterocycles. The van der Waals surface area contributed by atoms with Gasteiger partial charge in [-0.2, -0.15) is 0 Å². The van der Waals surface area contributed by atoms with E-state index >= 15 is 0 Å². The molecule has 0 aliphatic rings. The van der Waals surface area contributed by atoms with Crippen LogP contribution in [0.5, 0.6) is 0 Å². The van der Waals surface area contributed by atoms with Crippen LogP contribution in [-0.4, -0.2) is 17.5 Å². The van der Waals surface area contributed by atoms with Crippen LogP contribution in [0.15, 0.2) is 18.2 Å². The molecule has 0 saturated carbocycles. The molecule has 1 amide bonds. The Morgan fingerprint density at radius 2 is 1.95 bits per heavy atom. The molecule has 5 heteroatoms. The van der Waals surface area contributed by atoms with E-state index in [-0.39, 0.29) is 5.78 Å². The van der Waals surface area contributed by atoms with Crippen LogP contribution >= 0.6 is 11.6 Å². The highest BCUT2D eigenvalue weighted by Crippen LogP contribution is 2.24. The Bertz CT molecular complexity index is 492. The van der Waals surface area contributed by atoms with Gasteiger partial charge < -0.3 is 4.74 Å². The van der Waals surface area contributed by atoms with Crippen molar-refractivity contribution in [1.29, 1.82) is 0 Å². The topological polar surface area (TPSA) is 55.4 Å². The molecule has 0 aliphatic carbocycles. The average Bonchev–Trinajstić information content (AvgIpc) is 2.28. The molecule has 0 unspecified atom stereocenters. The van der Waals surface area contributed by atoms with Crippen LogP contribution in [0.4, 0.5) is 10.5 Å². The number of halogens is 1. The molecule has 0 radical (unpaired) electrons. The summed E-state index contributed by atoms with van der Waals surface area (Å²) in [5, 5.41) is 2.90. The first kappa shape index (κ1) is 15.5. The zero-order chi connectivity index (χ0) is 14.6. The van der Waals surface area contributed by atoms with Gasteiger partial charge in [0.2, 0.25) is 0 Å². The largest absolute Gasteiger partial charge is 0.444 e. The number of hydrogen-bond donors (Lipinski definition) is 1. The molecule has 104 valence electrons. The lowest BCUT2D eigenvalue weighted by atomic mass is 10.1. The predicted molar refractivity (Wildman–Crippen MR) is 75.9 cm³/mol. The summed E-state index contributed by atoms with van der Waals surface area (Å²) >= 11 is 5.98. The second kappa shape index (κ2) is 6.06. The Hall–Kier alpha value is -1.55. The van der Waals surface area contributed by atoms with Crippen molar-refractivity contribution in [2.24, 2.45) is 0 Å². The maximum absolute atomic E-state index is 11.7. The minimum absolute atomic E-state index is 0.0103. The lowest BCUT2D eigenvalue weighted by Crippen LogP contribution is -2.27. The van der Waals surface area contributed by atoms with Crippen LogP contribution in [0.1, 0.15) is 44.5 Å². The second-order valence-electron chi connectivity index (χ2n) is 5.10. The fraction of sp³-hybridized carbons (Fsp3) is 0.429. The zero-order valence-electron chi connectivity index (χ0n) is 11.5. The number of rotatable bonds is 3. The number of anilines is 1. The Kier molecular flexibility index (Phi) is 4.95. The van der Waals surface area contributed by atoms with Gasteiger partial charge in [0.05, 0.1) is 10.7 Å². The third-order valence-corrected chi connectivity index (χ3v) is 2.57. The molecule has 0 saturated heterocycles. The standard InChI is InChI=1S/C14H18ClNO3/c1-5-12(17)9-6-7-10(15)11(8-9)16-13(18)19-14(2,3)4/h6-8H,5H2,1-4H3,(H,16,18). The van der Waals surface area contributed by atoms with E-state index in [1.807, 2.05) is 0 Å². The molecular formula is C14H18ClNO3. The van der Waals surface area contributed by atoms with Crippen molar-refractivity contribution in [2.75, 3.05) is 5.32 Å². The maximum atomic E-state index is 11.7. The van der Waals surface area contributed by atoms with E-state index in [9.17, 15) is 9.59 Å². The van der Waals surface area contributed by atoms with Crippen LogP contribution in [-0.2, 0) is 4.74 Å². The smallest absolute Gasteiger partial charge is 0.412 e. The van der Waals surface area contributed by atoms with Crippen molar-refractivity contribution >= 4 is 29.2 Å². The summed E-state index contributed by atoms with van der Waals surface area (Å²) in [6.45, 7) is 7.08. The van der Waals surface area contributed by atoms with E-state index in [4.69, 9.17) is 16.3 Å². The highest BCUT2D eigenvalue weighted by molar-refractivity contribution is 6.33. The van der Waals surface area contributed by atoms with Gasteiger partial charge >= 0.3 is 6.09 Å². The first-order valence-corrected chi connectivity index (χ1v) is 6.43. The predicted octanol–water partition coefficient (Wildman–Crippen LogP) is 4.28. The zero-order valence-corrected chi connectivity index (χ0v) is 12.3. The number of hydrogen-bond acceptors (Lipinski definition) is 3.